The molecule has 1 heterocycles. The fourth-order valence-electron chi connectivity index (χ4n) is 4.11. The van der Waals surface area contributed by atoms with Crippen LogP contribution in [0.2, 0.25) is 0 Å². The number of likely N-dealkylation sites (tertiary alicyclic amines) is 1. The number of carbonyl (C=O) groups excluding carboxylic acids is 2. The van der Waals surface area contributed by atoms with Gasteiger partial charge in [0.2, 0.25) is 11.8 Å². The van der Waals surface area contributed by atoms with Crippen LogP contribution in [0.25, 0.3) is 0 Å². The van der Waals surface area contributed by atoms with E-state index in [2.05, 4.69) is 0 Å². The van der Waals surface area contributed by atoms with E-state index in [-0.39, 0.29) is 41.8 Å². The molecule has 3 atom stereocenters. The first-order valence-electron chi connectivity index (χ1n) is 9.51. The minimum Gasteiger partial charge on any atom is -0.480 e. The highest BCUT2D eigenvalue weighted by molar-refractivity contribution is 5.83. The number of hydrogen-bond acceptors (Lipinski definition) is 3. The van der Waals surface area contributed by atoms with Gasteiger partial charge in [-0.3, -0.25) is 14.4 Å². The Hall–Kier alpha value is -2.51. The highest BCUT2D eigenvalue weighted by Crippen LogP contribution is 2.49. The van der Waals surface area contributed by atoms with Crippen LogP contribution in [0.3, 0.4) is 0 Å². The molecule has 3 unspecified atom stereocenters. The summed E-state index contributed by atoms with van der Waals surface area (Å²) in [5, 5.41) is 9.02. The molecule has 0 aromatic heterocycles. The lowest BCUT2D eigenvalue weighted by atomic mass is 10.1. The van der Waals surface area contributed by atoms with Crippen molar-refractivity contribution in [3.63, 3.8) is 0 Å². The van der Waals surface area contributed by atoms with Crippen molar-refractivity contribution in [2.75, 3.05) is 19.6 Å². The number of benzene rings is 1. The molecule has 0 bridgehead atoms. The molecule has 1 aliphatic heterocycles. The molecular formula is C20H24F2N2O4. The monoisotopic (exact) mass is 394 g/mol. The molecule has 3 rings (SSSR count). The Bertz CT molecular complexity index is 785. The molecule has 1 saturated carbocycles. The molecule has 1 N–H and O–H groups in total. The van der Waals surface area contributed by atoms with Gasteiger partial charge in [0.05, 0.1) is 0 Å². The second-order valence-electron chi connectivity index (χ2n) is 7.54. The Balaban J connectivity index is 1.61. The third-order valence-electron chi connectivity index (χ3n) is 5.65. The maximum Gasteiger partial charge on any atom is 0.323 e. The van der Waals surface area contributed by atoms with Gasteiger partial charge in [-0.15, -0.1) is 0 Å². The molecule has 2 amide bonds. The zero-order chi connectivity index (χ0) is 20.4. The molecule has 1 aromatic rings. The number of hydrogen-bond donors (Lipinski definition) is 1. The van der Waals surface area contributed by atoms with E-state index in [0.717, 1.165) is 6.07 Å². The normalized spacial score (nSPS) is 24.4. The van der Waals surface area contributed by atoms with E-state index < -0.39 is 17.6 Å². The predicted molar refractivity (Wildman–Crippen MR) is 96.4 cm³/mol. The highest BCUT2D eigenvalue weighted by Gasteiger charge is 2.47. The van der Waals surface area contributed by atoms with Crippen molar-refractivity contribution in [2.24, 2.45) is 5.92 Å². The average molecular weight is 394 g/mol. The minimum atomic E-state index is -1.06. The molecule has 0 radical (unpaired) electrons. The van der Waals surface area contributed by atoms with Gasteiger partial charge < -0.3 is 14.9 Å². The molecule has 1 aliphatic carbocycles. The van der Waals surface area contributed by atoms with Crippen molar-refractivity contribution in [1.82, 2.24) is 9.80 Å². The van der Waals surface area contributed by atoms with Crippen LogP contribution in [0.15, 0.2) is 18.2 Å². The summed E-state index contributed by atoms with van der Waals surface area (Å²) >= 11 is 0. The van der Waals surface area contributed by atoms with E-state index >= 15 is 0 Å². The van der Waals surface area contributed by atoms with Gasteiger partial charge in [0.25, 0.3) is 0 Å². The number of nitrogens with zero attached hydrogens (tertiary/aromatic N) is 2. The van der Waals surface area contributed by atoms with Crippen molar-refractivity contribution in [3.8, 4) is 0 Å². The molecule has 8 heteroatoms. The van der Waals surface area contributed by atoms with Crippen molar-refractivity contribution >= 4 is 17.8 Å². The molecular weight excluding hydrogens is 370 g/mol. The number of rotatable bonds is 5. The van der Waals surface area contributed by atoms with Crippen LogP contribution >= 0.6 is 0 Å². The first-order chi connectivity index (χ1) is 13.3. The Morgan fingerprint density at radius 1 is 1.21 bits per heavy atom. The Morgan fingerprint density at radius 3 is 2.64 bits per heavy atom. The molecule has 0 spiro atoms. The molecule has 152 valence electrons. The van der Waals surface area contributed by atoms with Crippen molar-refractivity contribution in [2.45, 2.75) is 44.6 Å². The van der Waals surface area contributed by atoms with Gasteiger partial charge in [-0.25, -0.2) is 8.78 Å². The smallest absolute Gasteiger partial charge is 0.323 e. The van der Waals surface area contributed by atoms with Crippen LogP contribution < -0.4 is 0 Å². The zero-order valence-electron chi connectivity index (χ0n) is 15.7. The Morgan fingerprint density at radius 2 is 1.96 bits per heavy atom. The van der Waals surface area contributed by atoms with Crippen LogP contribution in [-0.2, 0) is 14.4 Å². The lowest BCUT2D eigenvalue weighted by Gasteiger charge is -2.29. The van der Waals surface area contributed by atoms with Crippen LogP contribution in [0.5, 0.6) is 0 Å². The average Bonchev–Trinajstić information content (AvgIpc) is 3.44. The SMILES string of the molecule is CC(=O)N(CC(=O)O)C1CCCN(C(=O)C2CC2c2cccc(F)c2F)CC1. The lowest BCUT2D eigenvalue weighted by Crippen LogP contribution is -2.43. The summed E-state index contributed by atoms with van der Waals surface area (Å²) in [6, 6.07) is 3.81. The number of halogens is 2. The predicted octanol–water partition coefficient (Wildman–Crippen LogP) is 2.38. The molecule has 2 fully saturated rings. The number of carboxylic acids is 1. The number of aliphatic carboxylic acids is 1. The fraction of sp³-hybridized carbons (Fsp3) is 0.550. The second kappa shape index (κ2) is 8.24. The van der Waals surface area contributed by atoms with E-state index in [1.54, 1.807) is 4.90 Å². The number of carbonyl (C=O) groups is 3. The molecule has 28 heavy (non-hydrogen) atoms. The van der Waals surface area contributed by atoms with Gasteiger partial charge in [-0.05, 0) is 43.2 Å². The Labute approximate surface area is 162 Å². The first-order valence-corrected chi connectivity index (χ1v) is 9.51. The lowest BCUT2D eigenvalue weighted by molar-refractivity contribution is -0.145. The van der Waals surface area contributed by atoms with Gasteiger partial charge >= 0.3 is 5.97 Å². The van der Waals surface area contributed by atoms with E-state index in [0.29, 0.717) is 38.8 Å². The molecule has 1 aromatic carbocycles. The quantitative estimate of drug-likeness (QED) is 0.832. The van der Waals surface area contributed by atoms with Crippen LogP contribution in [-0.4, -0.2) is 58.4 Å². The third-order valence-corrected chi connectivity index (χ3v) is 5.65. The van der Waals surface area contributed by atoms with Crippen LogP contribution in [0.4, 0.5) is 8.78 Å². The second-order valence-corrected chi connectivity index (χ2v) is 7.54. The topological polar surface area (TPSA) is 77.9 Å². The van der Waals surface area contributed by atoms with Crippen molar-refractivity contribution < 1.29 is 28.3 Å². The Kier molecular flexibility index (Phi) is 5.96. The first kappa shape index (κ1) is 20.2. The maximum absolute atomic E-state index is 14.0. The number of amides is 2. The summed E-state index contributed by atoms with van der Waals surface area (Å²) in [4.78, 5) is 38.7. The summed E-state index contributed by atoms with van der Waals surface area (Å²) in [6.45, 7) is 1.93. The fourth-order valence-corrected chi connectivity index (χ4v) is 4.11. The maximum atomic E-state index is 14.0. The van der Waals surface area contributed by atoms with E-state index in [4.69, 9.17) is 5.11 Å². The van der Waals surface area contributed by atoms with Gasteiger partial charge in [0.1, 0.15) is 6.54 Å². The number of carboxylic acid groups (broad SMARTS) is 1. The van der Waals surface area contributed by atoms with Crippen molar-refractivity contribution in [1.29, 1.82) is 0 Å². The minimum absolute atomic E-state index is 0.0816. The van der Waals surface area contributed by atoms with E-state index in [1.807, 2.05) is 0 Å². The highest BCUT2D eigenvalue weighted by atomic mass is 19.2. The summed E-state index contributed by atoms with van der Waals surface area (Å²) in [5.41, 5.74) is 0.246. The van der Waals surface area contributed by atoms with Crippen LogP contribution in [0.1, 0.15) is 44.1 Å². The van der Waals surface area contributed by atoms with Gasteiger partial charge in [-0.1, -0.05) is 12.1 Å². The van der Waals surface area contributed by atoms with Gasteiger partial charge in [-0.2, -0.15) is 0 Å². The molecule has 1 saturated heterocycles. The summed E-state index contributed by atoms with van der Waals surface area (Å²) < 4.78 is 27.4. The van der Waals surface area contributed by atoms with E-state index in [9.17, 15) is 23.2 Å². The zero-order valence-corrected chi connectivity index (χ0v) is 15.7. The standard InChI is InChI=1S/C20H24F2N2O4/c1-12(25)24(11-18(26)27)13-4-3-8-23(9-7-13)20(28)16-10-15(16)14-5-2-6-17(21)19(14)22/h2,5-6,13,15-16H,3-4,7-11H2,1H3,(H,26,27). The van der Waals surface area contributed by atoms with Crippen LogP contribution in [0, 0.1) is 17.6 Å². The van der Waals surface area contributed by atoms with Gasteiger partial charge in [0, 0.05) is 32.0 Å². The third kappa shape index (κ3) is 4.31. The van der Waals surface area contributed by atoms with E-state index in [1.165, 1.54) is 24.0 Å². The van der Waals surface area contributed by atoms with Crippen molar-refractivity contribution in [3.05, 3.63) is 35.4 Å². The summed E-state index contributed by atoms with van der Waals surface area (Å²) in [5.74, 6) is -3.89. The van der Waals surface area contributed by atoms with Gasteiger partial charge in [0.15, 0.2) is 11.6 Å². The summed E-state index contributed by atoms with van der Waals surface area (Å²) in [6.07, 6.45) is 2.29. The molecule has 2 aliphatic rings. The summed E-state index contributed by atoms with van der Waals surface area (Å²) in [7, 11) is 0. The largest absolute Gasteiger partial charge is 0.480 e. The molecule has 6 nitrogen and oxygen atoms in total.